The van der Waals surface area contributed by atoms with Gasteiger partial charge in [-0.25, -0.2) is 5.48 Å². The highest BCUT2D eigenvalue weighted by Crippen LogP contribution is 2.33. The zero-order chi connectivity index (χ0) is 21.1. The maximum absolute atomic E-state index is 13.0. The van der Waals surface area contributed by atoms with Crippen LogP contribution in [0.2, 0.25) is 0 Å². The number of unbranched alkanes of at least 4 members (excludes halogenated alkanes) is 3. The lowest BCUT2D eigenvalue weighted by Crippen LogP contribution is -2.50. The SMILES string of the molecule is CCCCCC[C@H](CC(=O)NO)C(=O)N[C@H](C(=O)C1CCC[C@H]1CO)C(C)C. The molecule has 162 valence electrons. The topological polar surface area (TPSA) is 116 Å². The predicted octanol–water partition coefficient (Wildman–Crippen LogP) is 2.59. The minimum Gasteiger partial charge on any atom is -0.396 e. The number of hydroxylamine groups is 1. The van der Waals surface area contributed by atoms with Gasteiger partial charge in [0.05, 0.1) is 6.04 Å². The Hall–Kier alpha value is -1.47. The third kappa shape index (κ3) is 7.51. The molecule has 7 heteroatoms. The number of aliphatic hydroxyl groups excluding tert-OH is 1. The Morgan fingerprint density at radius 2 is 1.82 bits per heavy atom. The molecular formula is C21H38N2O5. The summed E-state index contributed by atoms with van der Waals surface area (Å²) in [6.07, 6.45) is 6.88. The van der Waals surface area contributed by atoms with E-state index in [0.717, 1.165) is 44.9 Å². The number of carbonyl (C=O) groups is 3. The lowest BCUT2D eigenvalue weighted by Gasteiger charge is -2.28. The number of rotatable bonds is 13. The molecule has 0 aliphatic heterocycles. The molecule has 0 bridgehead atoms. The van der Waals surface area contributed by atoms with Gasteiger partial charge in [0.1, 0.15) is 0 Å². The first-order valence-corrected chi connectivity index (χ1v) is 10.7. The van der Waals surface area contributed by atoms with E-state index in [0.29, 0.717) is 6.42 Å². The molecule has 1 unspecified atom stereocenters. The summed E-state index contributed by atoms with van der Waals surface area (Å²) in [5.41, 5.74) is 1.60. The van der Waals surface area contributed by atoms with Crippen LogP contribution in [-0.2, 0) is 14.4 Å². The van der Waals surface area contributed by atoms with Gasteiger partial charge in [-0.05, 0) is 31.1 Å². The van der Waals surface area contributed by atoms with E-state index in [1.807, 2.05) is 13.8 Å². The molecule has 4 atom stereocenters. The molecule has 4 N–H and O–H groups in total. The second-order valence-corrected chi connectivity index (χ2v) is 8.40. The van der Waals surface area contributed by atoms with Crippen LogP contribution in [-0.4, -0.2) is 40.6 Å². The molecule has 0 spiro atoms. The predicted molar refractivity (Wildman–Crippen MR) is 106 cm³/mol. The number of Topliss-reactive ketones (excluding diaryl/α,β-unsaturated/α-hetero) is 1. The molecule has 0 saturated heterocycles. The first-order valence-electron chi connectivity index (χ1n) is 10.7. The lowest BCUT2D eigenvalue weighted by atomic mass is 9.84. The molecule has 28 heavy (non-hydrogen) atoms. The van der Waals surface area contributed by atoms with Crippen LogP contribution in [0.3, 0.4) is 0 Å². The fourth-order valence-corrected chi connectivity index (χ4v) is 4.11. The molecule has 7 nitrogen and oxygen atoms in total. The number of hydrogen-bond acceptors (Lipinski definition) is 5. The fourth-order valence-electron chi connectivity index (χ4n) is 4.11. The third-order valence-electron chi connectivity index (χ3n) is 5.86. The first kappa shape index (κ1) is 24.6. The smallest absolute Gasteiger partial charge is 0.244 e. The van der Waals surface area contributed by atoms with Gasteiger partial charge in [-0.2, -0.15) is 0 Å². The fraction of sp³-hybridized carbons (Fsp3) is 0.857. The van der Waals surface area contributed by atoms with Crippen LogP contribution in [0.25, 0.3) is 0 Å². The maximum Gasteiger partial charge on any atom is 0.244 e. The average Bonchev–Trinajstić information content (AvgIpc) is 3.16. The third-order valence-corrected chi connectivity index (χ3v) is 5.86. The zero-order valence-corrected chi connectivity index (χ0v) is 17.6. The quantitative estimate of drug-likeness (QED) is 0.216. The van der Waals surface area contributed by atoms with Crippen molar-refractivity contribution in [3.63, 3.8) is 0 Å². The molecular weight excluding hydrogens is 360 g/mol. The lowest BCUT2D eigenvalue weighted by molar-refractivity contribution is -0.137. The van der Waals surface area contributed by atoms with Crippen molar-refractivity contribution < 1.29 is 24.7 Å². The Kier molecular flexibility index (Phi) is 11.3. The van der Waals surface area contributed by atoms with Crippen molar-refractivity contribution in [2.24, 2.45) is 23.7 Å². The summed E-state index contributed by atoms with van der Waals surface area (Å²) in [7, 11) is 0. The van der Waals surface area contributed by atoms with Gasteiger partial charge >= 0.3 is 0 Å². The van der Waals surface area contributed by atoms with Crippen LogP contribution >= 0.6 is 0 Å². The monoisotopic (exact) mass is 398 g/mol. The van der Waals surface area contributed by atoms with Crippen LogP contribution in [0.5, 0.6) is 0 Å². The Labute approximate surface area is 168 Å². The number of hydrogen-bond donors (Lipinski definition) is 4. The molecule has 1 fully saturated rings. The minimum absolute atomic E-state index is 0.00804. The van der Waals surface area contributed by atoms with Crippen LogP contribution in [0, 0.1) is 23.7 Å². The first-order chi connectivity index (χ1) is 13.3. The van der Waals surface area contributed by atoms with Crippen molar-refractivity contribution in [1.82, 2.24) is 10.8 Å². The summed E-state index contributed by atoms with van der Waals surface area (Å²) < 4.78 is 0. The summed E-state index contributed by atoms with van der Waals surface area (Å²) in [6.45, 7) is 5.88. The zero-order valence-electron chi connectivity index (χ0n) is 17.6. The molecule has 0 heterocycles. The van der Waals surface area contributed by atoms with Crippen LogP contribution in [0.1, 0.15) is 78.6 Å². The van der Waals surface area contributed by atoms with Gasteiger partial charge in [0.15, 0.2) is 5.78 Å². The highest BCUT2D eigenvalue weighted by molar-refractivity contribution is 5.93. The van der Waals surface area contributed by atoms with E-state index < -0.39 is 17.9 Å². The van der Waals surface area contributed by atoms with Gasteiger partial charge < -0.3 is 10.4 Å². The van der Waals surface area contributed by atoms with Gasteiger partial charge in [0.25, 0.3) is 0 Å². The second kappa shape index (κ2) is 12.9. The van der Waals surface area contributed by atoms with Gasteiger partial charge in [-0.15, -0.1) is 0 Å². The highest BCUT2D eigenvalue weighted by Gasteiger charge is 2.38. The van der Waals surface area contributed by atoms with Crippen molar-refractivity contribution >= 4 is 17.6 Å². The van der Waals surface area contributed by atoms with Crippen LogP contribution in [0.4, 0.5) is 0 Å². The van der Waals surface area contributed by atoms with Gasteiger partial charge in [-0.3, -0.25) is 19.6 Å². The highest BCUT2D eigenvalue weighted by atomic mass is 16.5. The number of aliphatic hydroxyl groups is 1. The van der Waals surface area contributed by atoms with E-state index >= 15 is 0 Å². The van der Waals surface area contributed by atoms with E-state index in [2.05, 4.69) is 12.2 Å². The summed E-state index contributed by atoms with van der Waals surface area (Å²) in [5.74, 6) is -1.84. The van der Waals surface area contributed by atoms with E-state index in [9.17, 15) is 19.5 Å². The van der Waals surface area contributed by atoms with E-state index in [-0.39, 0.29) is 42.5 Å². The van der Waals surface area contributed by atoms with Crippen LogP contribution < -0.4 is 10.8 Å². The van der Waals surface area contributed by atoms with Gasteiger partial charge in [0, 0.05) is 24.9 Å². The maximum atomic E-state index is 13.0. The number of ketones is 1. The summed E-state index contributed by atoms with van der Waals surface area (Å²) >= 11 is 0. The van der Waals surface area contributed by atoms with Gasteiger partial charge in [0.2, 0.25) is 11.8 Å². The van der Waals surface area contributed by atoms with Crippen molar-refractivity contribution in [3.8, 4) is 0 Å². The summed E-state index contributed by atoms with van der Waals surface area (Å²) in [4.78, 5) is 37.5. The summed E-state index contributed by atoms with van der Waals surface area (Å²) in [5, 5.41) is 21.2. The van der Waals surface area contributed by atoms with Crippen molar-refractivity contribution in [1.29, 1.82) is 0 Å². The molecule has 0 aromatic carbocycles. The number of amides is 2. The second-order valence-electron chi connectivity index (χ2n) is 8.40. The molecule has 0 aromatic rings. The largest absolute Gasteiger partial charge is 0.396 e. The Balaban J connectivity index is 2.80. The van der Waals surface area contributed by atoms with Crippen molar-refractivity contribution in [3.05, 3.63) is 0 Å². The van der Waals surface area contributed by atoms with Crippen molar-refractivity contribution in [2.75, 3.05) is 6.61 Å². The average molecular weight is 399 g/mol. The standard InChI is InChI=1S/C21H38N2O5/c1-4-5-6-7-9-15(12-18(25)23-28)21(27)22-19(14(2)3)20(26)17-11-8-10-16(17)13-24/h14-17,19,24,28H,4-13H2,1-3H3,(H,22,27)(H,23,25)/t15-,16+,17?,19+/m1/s1. The molecule has 1 aliphatic carbocycles. The molecule has 1 saturated carbocycles. The van der Waals surface area contributed by atoms with E-state index in [4.69, 9.17) is 5.21 Å². The molecule has 0 radical (unpaired) electrons. The molecule has 1 aliphatic rings. The van der Waals surface area contributed by atoms with Gasteiger partial charge in [-0.1, -0.05) is 52.9 Å². The summed E-state index contributed by atoms with van der Waals surface area (Å²) in [6, 6.07) is -0.625. The normalized spacial score (nSPS) is 21.4. The Bertz CT molecular complexity index is 509. The van der Waals surface area contributed by atoms with Crippen LogP contribution in [0.15, 0.2) is 0 Å². The molecule has 2 amide bonds. The minimum atomic E-state index is -0.625. The number of carbonyl (C=O) groups excluding carboxylic acids is 3. The Morgan fingerprint density at radius 3 is 2.39 bits per heavy atom. The van der Waals surface area contributed by atoms with Crippen molar-refractivity contribution in [2.45, 2.75) is 84.6 Å². The van der Waals surface area contributed by atoms with E-state index in [1.165, 1.54) is 0 Å². The molecule has 0 aromatic heterocycles. The van der Waals surface area contributed by atoms with E-state index in [1.54, 1.807) is 5.48 Å². The molecule has 1 rings (SSSR count). The number of nitrogens with one attached hydrogen (secondary N) is 2. The Morgan fingerprint density at radius 1 is 1.11 bits per heavy atom.